The van der Waals surface area contributed by atoms with E-state index in [9.17, 15) is 22.8 Å². The van der Waals surface area contributed by atoms with Crippen LogP contribution in [0.1, 0.15) is 41.4 Å². The highest BCUT2D eigenvalue weighted by molar-refractivity contribution is 5.93. The molecule has 10 heteroatoms. The maximum Gasteiger partial charge on any atom is 0.451 e. The number of likely N-dealkylation sites (tertiary alicyclic amines) is 1. The van der Waals surface area contributed by atoms with Crippen molar-refractivity contribution >= 4 is 11.6 Å². The molecule has 3 rings (SSSR count). The van der Waals surface area contributed by atoms with Gasteiger partial charge in [-0.05, 0) is 44.7 Å². The molecule has 1 N–H and O–H groups in total. The van der Waals surface area contributed by atoms with Crippen LogP contribution in [0.3, 0.4) is 0 Å². The molecule has 0 saturated carbocycles. The second-order valence-electron chi connectivity index (χ2n) is 7.94. The van der Waals surface area contributed by atoms with Crippen molar-refractivity contribution in [2.45, 2.75) is 45.8 Å². The van der Waals surface area contributed by atoms with Gasteiger partial charge in [-0.1, -0.05) is 17.7 Å². The average Bonchev–Trinajstić information content (AvgIpc) is 2.94. The third-order valence-electron chi connectivity index (χ3n) is 5.47. The highest BCUT2D eigenvalue weighted by Crippen LogP contribution is 2.28. The molecule has 0 unspecified atom stereocenters. The number of alkyl halides is 3. The van der Waals surface area contributed by atoms with Crippen LogP contribution in [-0.2, 0) is 18.0 Å². The largest absolute Gasteiger partial charge is 0.451 e. The summed E-state index contributed by atoms with van der Waals surface area (Å²) in [6.07, 6.45) is -3.78. The van der Waals surface area contributed by atoms with Gasteiger partial charge >= 0.3 is 11.9 Å². The minimum absolute atomic E-state index is 0.141. The monoisotopic (exact) mass is 425 g/mol. The Morgan fingerprint density at radius 1 is 1.17 bits per heavy atom. The van der Waals surface area contributed by atoms with Gasteiger partial charge < -0.3 is 5.32 Å². The van der Waals surface area contributed by atoms with Crippen LogP contribution in [0, 0.1) is 20.8 Å². The van der Waals surface area contributed by atoms with E-state index in [1.807, 2.05) is 37.8 Å². The molecule has 1 aliphatic heterocycles. The summed E-state index contributed by atoms with van der Waals surface area (Å²) in [5, 5.41) is 6.47. The van der Waals surface area contributed by atoms with Gasteiger partial charge in [-0.25, -0.2) is 9.48 Å². The fraction of sp³-hybridized carbons (Fsp3) is 0.550. The Labute approximate surface area is 172 Å². The highest BCUT2D eigenvalue weighted by atomic mass is 19.4. The second-order valence-corrected chi connectivity index (χ2v) is 7.94. The summed E-state index contributed by atoms with van der Waals surface area (Å²) in [6, 6.07) is 3.60. The first-order chi connectivity index (χ1) is 14.0. The van der Waals surface area contributed by atoms with Crippen molar-refractivity contribution < 1.29 is 18.0 Å². The zero-order chi connectivity index (χ0) is 22.2. The number of benzene rings is 1. The number of hydrogen-bond donors (Lipinski definition) is 1. The molecule has 2 heterocycles. The lowest BCUT2D eigenvalue weighted by molar-refractivity contribution is -0.147. The first-order valence-corrected chi connectivity index (χ1v) is 9.80. The van der Waals surface area contributed by atoms with E-state index in [4.69, 9.17) is 0 Å². The summed E-state index contributed by atoms with van der Waals surface area (Å²) >= 11 is 0. The number of aryl methyl sites for hydroxylation is 3. The summed E-state index contributed by atoms with van der Waals surface area (Å²) in [7, 11) is 1.07. The minimum Gasteiger partial charge on any atom is -0.324 e. The second kappa shape index (κ2) is 8.25. The Morgan fingerprint density at radius 2 is 1.73 bits per heavy atom. The maximum absolute atomic E-state index is 13.0. The van der Waals surface area contributed by atoms with Gasteiger partial charge in [0.1, 0.15) is 0 Å². The molecule has 7 nitrogen and oxygen atoms in total. The number of nitrogens with zero attached hydrogens (tertiary/aromatic N) is 4. The number of piperidine rings is 1. The molecular weight excluding hydrogens is 399 g/mol. The van der Waals surface area contributed by atoms with Gasteiger partial charge in [-0.2, -0.15) is 13.2 Å². The molecule has 1 amide bonds. The van der Waals surface area contributed by atoms with Gasteiger partial charge in [0.2, 0.25) is 11.7 Å². The summed E-state index contributed by atoms with van der Waals surface area (Å²) < 4.78 is 40.4. The average molecular weight is 425 g/mol. The standard InChI is InChI=1S/C20H26F3N5O2/c1-12-9-13(2)17(14(3)10-12)24-16(29)11-27-7-5-15(6-8-27)28-19(30)26(4)18(25-28)20(21,22)23/h9-10,15H,5-8,11H2,1-4H3,(H,24,29). The Hall–Kier alpha value is -2.62. The molecule has 1 aliphatic rings. The first kappa shape index (κ1) is 22.1. The van der Waals surface area contributed by atoms with Crippen molar-refractivity contribution in [2.24, 2.45) is 7.05 Å². The summed E-state index contributed by atoms with van der Waals surface area (Å²) in [5.74, 6) is -1.34. The van der Waals surface area contributed by atoms with Crippen LogP contribution >= 0.6 is 0 Å². The van der Waals surface area contributed by atoms with Crippen LogP contribution in [0.15, 0.2) is 16.9 Å². The molecule has 2 aromatic rings. The van der Waals surface area contributed by atoms with E-state index in [0.29, 0.717) is 30.5 Å². The van der Waals surface area contributed by atoms with Crippen LogP contribution in [0.4, 0.5) is 18.9 Å². The van der Waals surface area contributed by atoms with Gasteiger partial charge in [0.05, 0.1) is 12.6 Å². The maximum atomic E-state index is 13.0. The third kappa shape index (κ3) is 4.58. The van der Waals surface area contributed by atoms with Gasteiger partial charge in [0, 0.05) is 25.8 Å². The van der Waals surface area contributed by atoms with Gasteiger partial charge in [-0.15, -0.1) is 5.10 Å². The number of nitrogens with one attached hydrogen (secondary N) is 1. The van der Waals surface area contributed by atoms with Crippen LogP contribution in [0.25, 0.3) is 0 Å². The quantitative estimate of drug-likeness (QED) is 0.818. The number of anilines is 1. The number of carbonyl (C=O) groups is 1. The lowest BCUT2D eigenvalue weighted by Crippen LogP contribution is -2.41. The van der Waals surface area contributed by atoms with Gasteiger partial charge in [0.15, 0.2) is 0 Å². The number of aromatic nitrogens is 3. The van der Waals surface area contributed by atoms with Crippen molar-refractivity contribution in [3.63, 3.8) is 0 Å². The number of rotatable bonds is 4. The molecule has 164 valence electrons. The molecule has 0 radical (unpaired) electrons. The van der Waals surface area contributed by atoms with Crippen molar-refractivity contribution in [2.75, 3.05) is 25.0 Å². The summed E-state index contributed by atoms with van der Waals surface area (Å²) in [6.45, 7) is 7.06. The smallest absolute Gasteiger partial charge is 0.324 e. The molecule has 1 fully saturated rings. The Balaban J connectivity index is 1.60. The van der Waals surface area contributed by atoms with Crippen molar-refractivity contribution in [1.29, 1.82) is 0 Å². The fourth-order valence-corrected chi connectivity index (χ4v) is 4.02. The topological polar surface area (TPSA) is 72.2 Å². The Kier molecular flexibility index (Phi) is 6.07. The molecule has 1 aromatic heterocycles. The van der Waals surface area contributed by atoms with Crippen LogP contribution < -0.4 is 11.0 Å². The molecule has 0 bridgehead atoms. The zero-order valence-corrected chi connectivity index (χ0v) is 17.5. The predicted octanol–water partition coefficient (Wildman–Crippen LogP) is 2.80. The van der Waals surface area contributed by atoms with E-state index >= 15 is 0 Å². The molecule has 1 saturated heterocycles. The lowest BCUT2D eigenvalue weighted by Gasteiger charge is -2.31. The number of hydrogen-bond acceptors (Lipinski definition) is 4. The minimum atomic E-state index is -4.68. The molecule has 0 atom stereocenters. The van der Waals surface area contributed by atoms with Gasteiger partial charge in [-0.3, -0.25) is 14.3 Å². The van der Waals surface area contributed by atoms with E-state index in [1.165, 1.54) is 0 Å². The van der Waals surface area contributed by atoms with E-state index < -0.39 is 23.7 Å². The van der Waals surface area contributed by atoms with Crippen LogP contribution in [0.5, 0.6) is 0 Å². The van der Waals surface area contributed by atoms with Crippen LogP contribution in [-0.4, -0.2) is 44.8 Å². The highest BCUT2D eigenvalue weighted by Gasteiger charge is 2.39. The molecule has 1 aromatic carbocycles. The number of amides is 1. The summed E-state index contributed by atoms with van der Waals surface area (Å²) in [4.78, 5) is 26.6. The van der Waals surface area contributed by atoms with Crippen molar-refractivity contribution in [3.8, 4) is 0 Å². The van der Waals surface area contributed by atoms with Crippen LogP contribution in [0.2, 0.25) is 0 Å². The van der Waals surface area contributed by atoms with E-state index in [2.05, 4.69) is 10.4 Å². The normalized spacial score (nSPS) is 16.1. The molecule has 30 heavy (non-hydrogen) atoms. The number of carbonyl (C=O) groups excluding carboxylic acids is 1. The van der Waals surface area contributed by atoms with E-state index in [1.54, 1.807) is 0 Å². The summed E-state index contributed by atoms with van der Waals surface area (Å²) in [5.41, 5.74) is 3.15. The lowest BCUT2D eigenvalue weighted by atomic mass is 10.0. The van der Waals surface area contributed by atoms with Crippen molar-refractivity contribution in [3.05, 3.63) is 45.1 Å². The molecular formula is C20H26F3N5O2. The van der Waals surface area contributed by atoms with E-state index in [-0.39, 0.29) is 12.5 Å². The van der Waals surface area contributed by atoms with Gasteiger partial charge in [0.25, 0.3) is 0 Å². The zero-order valence-electron chi connectivity index (χ0n) is 17.5. The Bertz CT molecular complexity index is 978. The van der Waals surface area contributed by atoms with E-state index in [0.717, 1.165) is 34.1 Å². The number of halogens is 3. The SMILES string of the molecule is Cc1cc(C)c(NC(=O)CN2CCC(n3nc(C(F)(F)F)n(C)c3=O)CC2)c(C)c1. The fourth-order valence-electron chi connectivity index (χ4n) is 4.02. The third-order valence-corrected chi connectivity index (χ3v) is 5.47. The molecule has 0 aliphatic carbocycles. The van der Waals surface area contributed by atoms with Crippen molar-refractivity contribution in [1.82, 2.24) is 19.2 Å². The predicted molar refractivity (Wildman–Crippen MR) is 106 cm³/mol. The Morgan fingerprint density at radius 3 is 2.23 bits per heavy atom. The first-order valence-electron chi connectivity index (χ1n) is 9.80. The molecule has 0 spiro atoms.